The molecule has 0 aromatic carbocycles. The summed E-state index contributed by atoms with van der Waals surface area (Å²) in [6.07, 6.45) is 0.360. The van der Waals surface area contributed by atoms with Gasteiger partial charge in [0.1, 0.15) is 0 Å². The van der Waals surface area contributed by atoms with Crippen molar-refractivity contribution in [2.24, 2.45) is 22.3 Å². The number of amides is 2. The van der Waals surface area contributed by atoms with E-state index in [2.05, 4.69) is 0 Å². The number of carbonyl (C=O) groups excluding carboxylic acids is 2. The maximum Gasteiger partial charge on any atom is 0.217 e. The van der Waals surface area contributed by atoms with Gasteiger partial charge in [0, 0.05) is 12.8 Å². The Labute approximate surface area is 85.0 Å². The van der Waals surface area contributed by atoms with Crippen LogP contribution in [0.3, 0.4) is 0 Å². The van der Waals surface area contributed by atoms with Gasteiger partial charge in [0.05, 0.1) is 0 Å². The Morgan fingerprint density at radius 3 is 1.36 bits per heavy atom. The predicted octanol–water partition coefficient (Wildman–Crippen LogP) is 0.790. The Hall–Kier alpha value is -1.06. The number of rotatable bonds is 4. The Morgan fingerprint density at radius 2 is 1.21 bits per heavy atom. The SMILES string of the molecule is CC(C)(C)C(C)(CC(N)=O)CC(N)=O. The van der Waals surface area contributed by atoms with Gasteiger partial charge in [0.25, 0.3) is 0 Å². The number of nitrogens with two attached hydrogens (primary N) is 2. The fourth-order valence-electron chi connectivity index (χ4n) is 1.36. The van der Waals surface area contributed by atoms with Crippen LogP contribution in [0.5, 0.6) is 0 Å². The molecule has 0 fully saturated rings. The highest BCUT2D eigenvalue weighted by molar-refractivity contribution is 5.78. The molecule has 0 aliphatic rings. The molecule has 0 atom stereocenters. The van der Waals surface area contributed by atoms with Crippen molar-refractivity contribution in [1.29, 1.82) is 0 Å². The summed E-state index contributed by atoms with van der Waals surface area (Å²) in [7, 11) is 0. The highest BCUT2D eigenvalue weighted by atomic mass is 16.1. The van der Waals surface area contributed by atoms with E-state index in [1.165, 1.54) is 0 Å². The second-order valence-corrected chi connectivity index (χ2v) is 5.10. The van der Waals surface area contributed by atoms with Crippen LogP contribution in [-0.4, -0.2) is 11.8 Å². The van der Waals surface area contributed by atoms with Crippen LogP contribution in [0.2, 0.25) is 0 Å². The summed E-state index contributed by atoms with van der Waals surface area (Å²) in [5.41, 5.74) is 9.67. The molecule has 4 heteroatoms. The van der Waals surface area contributed by atoms with E-state index in [1.54, 1.807) is 0 Å². The van der Waals surface area contributed by atoms with Crippen LogP contribution in [0.25, 0.3) is 0 Å². The molecule has 0 rings (SSSR count). The van der Waals surface area contributed by atoms with Gasteiger partial charge in [-0.15, -0.1) is 0 Å². The number of hydrogen-bond acceptors (Lipinski definition) is 2. The zero-order valence-electron chi connectivity index (χ0n) is 9.39. The van der Waals surface area contributed by atoms with E-state index in [1.807, 2.05) is 27.7 Å². The Morgan fingerprint density at radius 1 is 0.929 bits per heavy atom. The summed E-state index contributed by atoms with van der Waals surface area (Å²) < 4.78 is 0. The maximum atomic E-state index is 10.9. The Kier molecular flexibility index (Phi) is 3.68. The Bertz CT molecular complexity index is 225. The molecule has 14 heavy (non-hydrogen) atoms. The molecule has 0 saturated heterocycles. The molecule has 0 aliphatic carbocycles. The van der Waals surface area contributed by atoms with Crippen molar-refractivity contribution in [3.05, 3.63) is 0 Å². The molecule has 82 valence electrons. The van der Waals surface area contributed by atoms with Gasteiger partial charge in [-0.3, -0.25) is 9.59 Å². The molecule has 0 unspecified atom stereocenters. The minimum Gasteiger partial charge on any atom is -0.370 e. The molecular formula is C10H20N2O2. The molecule has 0 heterocycles. The predicted molar refractivity (Wildman–Crippen MR) is 55.2 cm³/mol. The first-order chi connectivity index (χ1) is 6.08. The molecule has 4 nitrogen and oxygen atoms in total. The molecular weight excluding hydrogens is 180 g/mol. The summed E-state index contributed by atoms with van der Waals surface area (Å²) in [6, 6.07) is 0. The third-order valence-corrected chi connectivity index (χ3v) is 2.94. The van der Waals surface area contributed by atoms with Crippen LogP contribution in [0.15, 0.2) is 0 Å². The number of primary amides is 2. The second-order valence-electron chi connectivity index (χ2n) is 5.10. The van der Waals surface area contributed by atoms with E-state index in [9.17, 15) is 9.59 Å². The summed E-state index contributed by atoms with van der Waals surface area (Å²) in [5, 5.41) is 0. The van der Waals surface area contributed by atoms with Crippen LogP contribution in [-0.2, 0) is 9.59 Å². The lowest BCUT2D eigenvalue weighted by atomic mass is 9.64. The van der Waals surface area contributed by atoms with E-state index in [4.69, 9.17) is 11.5 Å². The van der Waals surface area contributed by atoms with Crippen molar-refractivity contribution in [2.75, 3.05) is 0 Å². The van der Waals surface area contributed by atoms with Gasteiger partial charge in [-0.2, -0.15) is 0 Å². The zero-order valence-corrected chi connectivity index (χ0v) is 9.39. The molecule has 0 aromatic rings. The average molecular weight is 200 g/mol. The fourth-order valence-corrected chi connectivity index (χ4v) is 1.36. The van der Waals surface area contributed by atoms with E-state index in [-0.39, 0.29) is 18.3 Å². The van der Waals surface area contributed by atoms with Gasteiger partial charge in [-0.05, 0) is 10.8 Å². The van der Waals surface area contributed by atoms with Crippen molar-refractivity contribution >= 4 is 11.8 Å². The van der Waals surface area contributed by atoms with Gasteiger partial charge in [0.15, 0.2) is 0 Å². The normalized spacial score (nSPS) is 12.6. The highest BCUT2D eigenvalue weighted by Gasteiger charge is 2.39. The summed E-state index contributed by atoms with van der Waals surface area (Å²) in [5.74, 6) is -0.799. The molecule has 0 spiro atoms. The largest absolute Gasteiger partial charge is 0.370 e. The van der Waals surface area contributed by atoms with Gasteiger partial charge >= 0.3 is 0 Å². The first-order valence-electron chi connectivity index (χ1n) is 4.65. The van der Waals surface area contributed by atoms with E-state index >= 15 is 0 Å². The van der Waals surface area contributed by atoms with Gasteiger partial charge in [0.2, 0.25) is 11.8 Å². The molecule has 4 N–H and O–H groups in total. The molecule has 0 radical (unpaired) electrons. The average Bonchev–Trinajstić information content (AvgIpc) is 1.78. The topological polar surface area (TPSA) is 86.2 Å². The molecule has 2 amide bonds. The van der Waals surface area contributed by atoms with Crippen LogP contribution < -0.4 is 11.5 Å². The summed E-state index contributed by atoms with van der Waals surface area (Å²) in [4.78, 5) is 21.8. The third-order valence-electron chi connectivity index (χ3n) is 2.94. The first-order valence-corrected chi connectivity index (χ1v) is 4.65. The summed E-state index contributed by atoms with van der Waals surface area (Å²) in [6.45, 7) is 7.78. The van der Waals surface area contributed by atoms with Crippen molar-refractivity contribution in [1.82, 2.24) is 0 Å². The minimum absolute atomic E-state index is 0.180. The number of hydrogen-bond donors (Lipinski definition) is 2. The number of carbonyl (C=O) groups is 2. The zero-order chi connectivity index (χ0) is 11.6. The van der Waals surface area contributed by atoms with Gasteiger partial charge in [-0.1, -0.05) is 27.7 Å². The van der Waals surface area contributed by atoms with Crippen molar-refractivity contribution in [2.45, 2.75) is 40.5 Å². The quantitative estimate of drug-likeness (QED) is 0.703. The summed E-state index contributed by atoms with van der Waals surface area (Å²) >= 11 is 0. The smallest absolute Gasteiger partial charge is 0.217 e. The van der Waals surface area contributed by atoms with Gasteiger partial charge in [-0.25, -0.2) is 0 Å². The van der Waals surface area contributed by atoms with E-state index < -0.39 is 17.2 Å². The lowest BCUT2D eigenvalue weighted by Gasteiger charge is -2.40. The maximum absolute atomic E-state index is 10.9. The minimum atomic E-state index is -0.468. The van der Waals surface area contributed by atoms with E-state index in [0.29, 0.717) is 0 Å². The lowest BCUT2D eigenvalue weighted by molar-refractivity contribution is -0.126. The standard InChI is InChI=1S/C10H20N2O2/c1-9(2,3)10(4,5-7(11)13)6-8(12)14/h5-6H2,1-4H3,(H2,11,13)(H2,12,14). The second kappa shape index (κ2) is 3.98. The van der Waals surface area contributed by atoms with Gasteiger partial charge < -0.3 is 11.5 Å². The van der Waals surface area contributed by atoms with Crippen LogP contribution >= 0.6 is 0 Å². The van der Waals surface area contributed by atoms with E-state index in [0.717, 1.165) is 0 Å². The van der Waals surface area contributed by atoms with Crippen LogP contribution in [0, 0.1) is 10.8 Å². The highest BCUT2D eigenvalue weighted by Crippen LogP contribution is 2.43. The lowest BCUT2D eigenvalue weighted by Crippen LogP contribution is -2.40. The molecule has 0 aliphatic heterocycles. The van der Waals surface area contributed by atoms with Crippen molar-refractivity contribution in [3.8, 4) is 0 Å². The molecule has 0 aromatic heterocycles. The monoisotopic (exact) mass is 200 g/mol. The Balaban J connectivity index is 4.85. The molecule has 0 bridgehead atoms. The van der Waals surface area contributed by atoms with Crippen LogP contribution in [0.1, 0.15) is 40.5 Å². The molecule has 0 saturated carbocycles. The third kappa shape index (κ3) is 3.36. The fraction of sp³-hybridized carbons (Fsp3) is 0.800. The first kappa shape index (κ1) is 12.9. The van der Waals surface area contributed by atoms with Crippen molar-refractivity contribution in [3.63, 3.8) is 0 Å². The van der Waals surface area contributed by atoms with Crippen molar-refractivity contribution < 1.29 is 9.59 Å². The van der Waals surface area contributed by atoms with Crippen LogP contribution in [0.4, 0.5) is 0 Å².